The first-order chi connectivity index (χ1) is 14.2. The summed E-state index contributed by atoms with van der Waals surface area (Å²) in [4.78, 5) is 23.6. The monoisotopic (exact) mass is 386 g/mol. The zero-order valence-corrected chi connectivity index (χ0v) is 16.8. The lowest BCUT2D eigenvalue weighted by Crippen LogP contribution is -2.25. The van der Waals surface area contributed by atoms with Gasteiger partial charge >= 0.3 is 0 Å². The maximum atomic E-state index is 11.7. The van der Waals surface area contributed by atoms with Gasteiger partial charge in [0.25, 0.3) is 0 Å². The predicted octanol–water partition coefficient (Wildman–Crippen LogP) is 5.47. The lowest BCUT2D eigenvalue weighted by Gasteiger charge is -2.22. The number of ketones is 1. The van der Waals surface area contributed by atoms with Gasteiger partial charge in [0.15, 0.2) is 5.78 Å². The van der Waals surface area contributed by atoms with Gasteiger partial charge in [-0.25, -0.2) is 4.98 Å². The first-order valence-electron chi connectivity index (χ1n) is 10.3. The standard InChI is InChI=1S/C24H26N4O/c1-18(29)20-12-9-13-21(16-20)25-24-26-22(19-10-5-4-6-11-19)17-23(27-24)28-14-7-2-3-8-15-28/h4-6,9-13,16-17H,2-3,7-8,14-15H2,1H3,(H,25,26,27). The summed E-state index contributed by atoms with van der Waals surface area (Å²) in [5.41, 5.74) is 3.43. The van der Waals surface area contributed by atoms with E-state index < -0.39 is 0 Å². The maximum absolute atomic E-state index is 11.7. The normalized spacial score (nSPS) is 14.3. The van der Waals surface area contributed by atoms with Crippen molar-refractivity contribution in [2.45, 2.75) is 32.6 Å². The highest BCUT2D eigenvalue weighted by Gasteiger charge is 2.15. The lowest BCUT2D eigenvalue weighted by atomic mass is 10.1. The molecule has 1 saturated heterocycles. The van der Waals surface area contributed by atoms with Crippen LogP contribution in [0.4, 0.5) is 17.5 Å². The minimum absolute atomic E-state index is 0.0397. The number of hydrogen-bond donors (Lipinski definition) is 1. The molecule has 1 fully saturated rings. The fraction of sp³-hybridized carbons (Fsp3) is 0.292. The smallest absolute Gasteiger partial charge is 0.229 e. The Kier molecular flexibility index (Phi) is 5.84. The second-order valence-electron chi connectivity index (χ2n) is 7.46. The highest BCUT2D eigenvalue weighted by atomic mass is 16.1. The third kappa shape index (κ3) is 4.80. The van der Waals surface area contributed by atoms with Gasteiger partial charge in [0.05, 0.1) is 5.69 Å². The molecule has 0 amide bonds. The van der Waals surface area contributed by atoms with Gasteiger partial charge in [-0.2, -0.15) is 4.98 Å². The fourth-order valence-corrected chi connectivity index (χ4v) is 3.65. The largest absolute Gasteiger partial charge is 0.356 e. The van der Waals surface area contributed by atoms with Gasteiger partial charge < -0.3 is 10.2 Å². The van der Waals surface area contributed by atoms with Crippen LogP contribution in [0.15, 0.2) is 60.7 Å². The Bertz CT molecular complexity index is 979. The van der Waals surface area contributed by atoms with Crippen molar-refractivity contribution in [2.75, 3.05) is 23.3 Å². The Morgan fingerprint density at radius 1 is 0.897 bits per heavy atom. The fourth-order valence-electron chi connectivity index (χ4n) is 3.65. The van der Waals surface area contributed by atoms with Gasteiger partial charge in [-0.1, -0.05) is 55.3 Å². The quantitative estimate of drug-likeness (QED) is 0.589. The number of nitrogens with zero attached hydrogens (tertiary/aromatic N) is 3. The van der Waals surface area contributed by atoms with Crippen molar-refractivity contribution < 1.29 is 4.79 Å². The van der Waals surface area contributed by atoms with Gasteiger partial charge in [-0.05, 0) is 31.9 Å². The summed E-state index contributed by atoms with van der Waals surface area (Å²) in [5.74, 6) is 1.54. The summed E-state index contributed by atoms with van der Waals surface area (Å²) in [7, 11) is 0. The Hall–Kier alpha value is -3.21. The Morgan fingerprint density at radius 3 is 2.38 bits per heavy atom. The molecule has 0 saturated carbocycles. The van der Waals surface area contributed by atoms with E-state index in [1.807, 2.05) is 42.5 Å². The number of hydrogen-bond acceptors (Lipinski definition) is 5. The van der Waals surface area contributed by atoms with Crippen molar-refractivity contribution in [1.29, 1.82) is 0 Å². The molecule has 2 aromatic carbocycles. The van der Waals surface area contributed by atoms with E-state index in [-0.39, 0.29) is 5.78 Å². The van der Waals surface area contributed by atoms with E-state index >= 15 is 0 Å². The molecule has 2 heterocycles. The van der Waals surface area contributed by atoms with Crippen molar-refractivity contribution in [2.24, 2.45) is 0 Å². The Balaban J connectivity index is 1.71. The molecule has 3 aromatic rings. The number of carbonyl (C=O) groups is 1. The molecule has 1 N–H and O–H groups in total. The van der Waals surface area contributed by atoms with Crippen LogP contribution in [0.25, 0.3) is 11.3 Å². The van der Waals surface area contributed by atoms with Gasteiger partial charge in [0.2, 0.25) is 5.95 Å². The number of nitrogens with one attached hydrogen (secondary N) is 1. The molecular formula is C24H26N4O. The number of anilines is 3. The number of aromatic nitrogens is 2. The first-order valence-corrected chi connectivity index (χ1v) is 10.3. The maximum Gasteiger partial charge on any atom is 0.229 e. The van der Waals surface area contributed by atoms with Crippen molar-refractivity contribution >= 4 is 23.2 Å². The van der Waals surface area contributed by atoms with Crippen LogP contribution in [0, 0.1) is 0 Å². The molecule has 4 rings (SSSR count). The van der Waals surface area contributed by atoms with E-state index in [1.165, 1.54) is 25.7 Å². The van der Waals surface area contributed by atoms with Crippen LogP contribution in [-0.2, 0) is 0 Å². The summed E-state index contributed by atoms with van der Waals surface area (Å²) in [6.45, 7) is 3.61. The molecule has 5 nitrogen and oxygen atoms in total. The molecule has 0 spiro atoms. The third-order valence-electron chi connectivity index (χ3n) is 5.24. The molecule has 1 aliphatic rings. The Labute approximate surface area is 171 Å². The molecule has 148 valence electrons. The van der Waals surface area contributed by atoms with E-state index in [4.69, 9.17) is 9.97 Å². The van der Waals surface area contributed by atoms with Gasteiger partial charge in [-0.15, -0.1) is 0 Å². The average molecular weight is 386 g/mol. The minimum atomic E-state index is 0.0397. The van der Waals surface area contributed by atoms with Crippen molar-refractivity contribution in [3.63, 3.8) is 0 Å². The molecule has 0 atom stereocenters. The number of Topliss-reactive ketones (excluding diaryl/α,β-unsaturated/α-hetero) is 1. The van der Waals surface area contributed by atoms with Crippen LogP contribution in [0.2, 0.25) is 0 Å². The molecule has 1 aromatic heterocycles. The van der Waals surface area contributed by atoms with Crippen LogP contribution in [-0.4, -0.2) is 28.8 Å². The summed E-state index contributed by atoms with van der Waals surface area (Å²) in [6, 6.07) is 19.7. The lowest BCUT2D eigenvalue weighted by molar-refractivity contribution is 0.101. The van der Waals surface area contributed by atoms with Crippen LogP contribution in [0.5, 0.6) is 0 Å². The highest BCUT2D eigenvalue weighted by Crippen LogP contribution is 2.26. The summed E-state index contributed by atoms with van der Waals surface area (Å²) in [5, 5.41) is 3.30. The van der Waals surface area contributed by atoms with E-state index in [1.54, 1.807) is 6.92 Å². The zero-order valence-electron chi connectivity index (χ0n) is 16.8. The SMILES string of the molecule is CC(=O)c1cccc(Nc2nc(-c3ccccc3)cc(N3CCCCCC3)n2)c1. The molecule has 0 radical (unpaired) electrons. The average Bonchev–Trinajstić information content (AvgIpc) is 3.04. The Morgan fingerprint density at radius 2 is 1.66 bits per heavy atom. The second-order valence-corrected chi connectivity index (χ2v) is 7.46. The second kappa shape index (κ2) is 8.86. The van der Waals surface area contributed by atoms with E-state index in [0.29, 0.717) is 11.5 Å². The topological polar surface area (TPSA) is 58.1 Å². The van der Waals surface area contributed by atoms with Crippen molar-refractivity contribution in [3.05, 3.63) is 66.2 Å². The minimum Gasteiger partial charge on any atom is -0.356 e. The molecule has 0 aliphatic carbocycles. The molecule has 0 bridgehead atoms. The van der Waals surface area contributed by atoms with E-state index in [0.717, 1.165) is 35.9 Å². The van der Waals surface area contributed by atoms with Crippen LogP contribution < -0.4 is 10.2 Å². The van der Waals surface area contributed by atoms with Gasteiger partial charge in [0, 0.05) is 36.0 Å². The molecular weight excluding hydrogens is 360 g/mol. The van der Waals surface area contributed by atoms with Crippen molar-refractivity contribution in [1.82, 2.24) is 9.97 Å². The van der Waals surface area contributed by atoms with Gasteiger partial charge in [0.1, 0.15) is 5.82 Å². The molecule has 1 aliphatic heterocycles. The van der Waals surface area contributed by atoms with Gasteiger partial charge in [-0.3, -0.25) is 4.79 Å². The van der Waals surface area contributed by atoms with Crippen molar-refractivity contribution in [3.8, 4) is 11.3 Å². The summed E-state index contributed by atoms with van der Waals surface area (Å²) >= 11 is 0. The van der Waals surface area contributed by atoms with Crippen LogP contribution in [0.1, 0.15) is 43.0 Å². The zero-order chi connectivity index (χ0) is 20.1. The number of rotatable bonds is 5. The third-order valence-corrected chi connectivity index (χ3v) is 5.24. The van der Waals surface area contributed by atoms with Crippen LogP contribution >= 0.6 is 0 Å². The first kappa shape index (κ1) is 19.1. The number of carbonyl (C=O) groups excluding carboxylic acids is 1. The summed E-state index contributed by atoms with van der Waals surface area (Å²) < 4.78 is 0. The highest BCUT2D eigenvalue weighted by molar-refractivity contribution is 5.95. The van der Waals surface area contributed by atoms with E-state index in [2.05, 4.69) is 28.4 Å². The van der Waals surface area contributed by atoms with E-state index in [9.17, 15) is 4.79 Å². The summed E-state index contributed by atoms with van der Waals surface area (Å²) in [6.07, 6.45) is 4.92. The number of benzene rings is 2. The molecule has 5 heteroatoms. The predicted molar refractivity (Wildman–Crippen MR) is 118 cm³/mol. The molecule has 0 unspecified atom stereocenters. The molecule has 29 heavy (non-hydrogen) atoms. The van der Waals surface area contributed by atoms with Crippen LogP contribution in [0.3, 0.4) is 0 Å².